The normalized spacial score (nSPS) is 12.0. The number of aromatic hydroxyl groups is 1. The molecule has 4 nitrogen and oxygen atoms in total. The van der Waals surface area contributed by atoms with Gasteiger partial charge < -0.3 is 10.4 Å². The van der Waals surface area contributed by atoms with Crippen LogP contribution in [-0.4, -0.2) is 15.1 Å². The summed E-state index contributed by atoms with van der Waals surface area (Å²) >= 11 is 0. The van der Waals surface area contributed by atoms with Crippen LogP contribution in [0.3, 0.4) is 0 Å². The third-order valence-electron chi connectivity index (χ3n) is 4.40. The van der Waals surface area contributed by atoms with E-state index in [-0.39, 0.29) is 11.8 Å². The van der Waals surface area contributed by atoms with Gasteiger partial charge >= 0.3 is 0 Å². The lowest BCUT2D eigenvalue weighted by Gasteiger charge is -2.22. The highest BCUT2D eigenvalue weighted by molar-refractivity contribution is 5.86. The summed E-state index contributed by atoms with van der Waals surface area (Å²) in [7, 11) is 0. The maximum absolute atomic E-state index is 10.9. The van der Waals surface area contributed by atoms with Crippen molar-refractivity contribution in [2.75, 3.05) is 5.32 Å². The van der Waals surface area contributed by atoms with Gasteiger partial charge in [-0.2, -0.15) is 0 Å². The molecule has 2 aromatic heterocycles. The summed E-state index contributed by atoms with van der Waals surface area (Å²) in [4.78, 5) is 8.89. The molecule has 0 amide bonds. The summed E-state index contributed by atoms with van der Waals surface area (Å²) in [5.74, 6) is 0.955. The largest absolute Gasteiger partial charge is 0.505 e. The van der Waals surface area contributed by atoms with E-state index in [2.05, 4.69) is 15.3 Å². The van der Waals surface area contributed by atoms with Crippen LogP contribution in [0.25, 0.3) is 10.9 Å². The van der Waals surface area contributed by atoms with Gasteiger partial charge in [0, 0.05) is 22.8 Å². The zero-order chi connectivity index (χ0) is 17.9. The van der Waals surface area contributed by atoms with E-state index in [1.165, 1.54) is 0 Å². The van der Waals surface area contributed by atoms with Crippen molar-refractivity contribution in [3.05, 3.63) is 95.8 Å². The number of fused-ring (bicyclic) bond motifs is 1. The van der Waals surface area contributed by atoms with Gasteiger partial charge in [0.25, 0.3) is 0 Å². The van der Waals surface area contributed by atoms with Crippen LogP contribution in [0.15, 0.2) is 79.0 Å². The topological polar surface area (TPSA) is 58.0 Å². The third-order valence-corrected chi connectivity index (χ3v) is 4.40. The monoisotopic (exact) mass is 341 g/mol. The molecule has 0 saturated heterocycles. The number of aromatic nitrogens is 2. The molecule has 0 radical (unpaired) electrons. The summed E-state index contributed by atoms with van der Waals surface area (Å²) in [5, 5.41) is 15.3. The van der Waals surface area contributed by atoms with Crippen molar-refractivity contribution >= 4 is 16.7 Å². The minimum atomic E-state index is -0.239. The second-order valence-corrected chi connectivity index (χ2v) is 6.23. The summed E-state index contributed by atoms with van der Waals surface area (Å²) < 4.78 is 0. The quantitative estimate of drug-likeness (QED) is 0.557. The fraction of sp³-hybridized carbons (Fsp3) is 0.0909. The number of hydrogen-bond donors (Lipinski definition) is 2. The van der Waals surface area contributed by atoms with Crippen molar-refractivity contribution in [2.24, 2.45) is 0 Å². The number of pyridine rings is 2. The molecule has 0 aliphatic heterocycles. The number of hydrogen-bond acceptors (Lipinski definition) is 4. The van der Waals surface area contributed by atoms with E-state index >= 15 is 0 Å². The van der Waals surface area contributed by atoms with Crippen molar-refractivity contribution in [3.63, 3.8) is 0 Å². The molecule has 4 rings (SSSR count). The minimum absolute atomic E-state index is 0.192. The number of nitrogens with one attached hydrogen (secondary N) is 1. The van der Waals surface area contributed by atoms with Gasteiger partial charge in [-0.1, -0.05) is 54.6 Å². The van der Waals surface area contributed by atoms with E-state index < -0.39 is 0 Å². The fourth-order valence-corrected chi connectivity index (χ4v) is 3.14. The molecule has 0 unspecified atom stereocenters. The predicted octanol–water partition coefficient (Wildman–Crippen LogP) is 4.85. The molecule has 2 N–H and O–H groups in total. The molecule has 0 aliphatic rings. The molecule has 0 aliphatic carbocycles. The highest BCUT2D eigenvalue weighted by atomic mass is 16.3. The van der Waals surface area contributed by atoms with Crippen molar-refractivity contribution in [3.8, 4) is 5.75 Å². The average molecular weight is 341 g/mol. The molecule has 2 heterocycles. The first-order chi connectivity index (χ1) is 12.7. The van der Waals surface area contributed by atoms with Crippen LogP contribution in [0.1, 0.15) is 22.9 Å². The molecule has 0 saturated carbocycles. The van der Waals surface area contributed by atoms with E-state index in [4.69, 9.17) is 0 Å². The Balaban J connectivity index is 1.84. The van der Waals surface area contributed by atoms with Crippen LogP contribution < -0.4 is 5.32 Å². The van der Waals surface area contributed by atoms with Crippen molar-refractivity contribution in [1.29, 1.82) is 0 Å². The Morgan fingerprint density at radius 2 is 1.73 bits per heavy atom. The Hall–Kier alpha value is -3.40. The highest BCUT2D eigenvalue weighted by Crippen LogP contribution is 2.36. The molecule has 26 heavy (non-hydrogen) atoms. The first-order valence-corrected chi connectivity index (χ1v) is 8.54. The molecule has 128 valence electrons. The Morgan fingerprint density at radius 3 is 2.54 bits per heavy atom. The van der Waals surface area contributed by atoms with Crippen LogP contribution in [-0.2, 0) is 0 Å². The molecule has 0 bridgehead atoms. The van der Waals surface area contributed by atoms with Gasteiger partial charge in [0.2, 0.25) is 0 Å². The number of phenolic OH excluding ortho intramolecular Hbond substituents is 1. The Bertz CT molecular complexity index is 1050. The lowest BCUT2D eigenvalue weighted by molar-refractivity contribution is 0.471. The van der Waals surface area contributed by atoms with Gasteiger partial charge in [0.05, 0.1) is 6.04 Å². The van der Waals surface area contributed by atoms with Crippen molar-refractivity contribution < 1.29 is 5.11 Å². The molecule has 2 aromatic carbocycles. The molecular weight excluding hydrogens is 322 g/mol. The summed E-state index contributed by atoms with van der Waals surface area (Å²) in [5.41, 5.74) is 3.35. The smallest absolute Gasteiger partial charge is 0.147 e. The van der Waals surface area contributed by atoms with E-state index in [9.17, 15) is 5.11 Å². The van der Waals surface area contributed by atoms with Crippen molar-refractivity contribution in [2.45, 2.75) is 13.0 Å². The number of aryl methyl sites for hydroxylation is 1. The lowest BCUT2D eigenvalue weighted by atomic mass is 9.96. The van der Waals surface area contributed by atoms with Crippen LogP contribution in [0.4, 0.5) is 5.82 Å². The molecule has 4 aromatic rings. The van der Waals surface area contributed by atoms with Crippen molar-refractivity contribution in [1.82, 2.24) is 9.97 Å². The summed E-state index contributed by atoms with van der Waals surface area (Å²) in [6.45, 7) is 1.96. The van der Waals surface area contributed by atoms with E-state index in [1.807, 2.05) is 79.7 Å². The Kier molecular flexibility index (Phi) is 4.23. The fourth-order valence-electron chi connectivity index (χ4n) is 3.14. The minimum Gasteiger partial charge on any atom is -0.505 e. The zero-order valence-electron chi connectivity index (χ0n) is 14.4. The summed E-state index contributed by atoms with van der Waals surface area (Å²) in [6.07, 6.45) is 1.69. The van der Waals surface area contributed by atoms with Crippen LogP contribution in [0, 0.1) is 6.92 Å². The maximum Gasteiger partial charge on any atom is 0.147 e. The SMILES string of the molecule is Cc1cccc(N[C@H](c2ccccc2)c2ccc3cccnc3c2O)n1. The number of anilines is 1. The Labute approximate surface area is 152 Å². The van der Waals surface area contributed by atoms with E-state index in [0.717, 1.165) is 28.0 Å². The van der Waals surface area contributed by atoms with Crippen LogP contribution >= 0.6 is 0 Å². The van der Waals surface area contributed by atoms with Gasteiger partial charge in [-0.25, -0.2) is 4.98 Å². The number of phenols is 1. The van der Waals surface area contributed by atoms with Gasteiger partial charge in [-0.3, -0.25) is 4.98 Å². The molecule has 4 heteroatoms. The van der Waals surface area contributed by atoms with Gasteiger partial charge in [0.15, 0.2) is 0 Å². The van der Waals surface area contributed by atoms with Crippen LogP contribution in [0.2, 0.25) is 0 Å². The van der Waals surface area contributed by atoms with E-state index in [0.29, 0.717) is 5.52 Å². The summed E-state index contributed by atoms with van der Waals surface area (Å²) in [6, 6.07) is 23.4. The first-order valence-electron chi connectivity index (χ1n) is 8.54. The molecular formula is C22H19N3O. The van der Waals surface area contributed by atoms with Gasteiger partial charge in [0.1, 0.15) is 17.1 Å². The molecule has 1 atom stereocenters. The van der Waals surface area contributed by atoms with E-state index in [1.54, 1.807) is 6.20 Å². The zero-order valence-corrected chi connectivity index (χ0v) is 14.4. The highest BCUT2D eigenvalue weighted by Gasteiger charge is 2.20. The number of benzene rings is 2. The average Bonchev–Trinajstić information content (AvgIpc) is 2.68. The second-order valence-electron chi connectivity index (χ2n) is 6.23. The number of nitrogens with zero attached hydrogens (tertiary/aromatic N) is 2. The Morgan fingerprint density at radius 1 is 0.885 bits per heavy atom. The first kappa shape index (κ1) is 16.1. The maximum atomic E-state index is 10.9. The standard InChI is InChI=1S/C22H19N3O/c1-15-7-5-11-19(24-15)25-20(16-8-3-2-4-9-16)18-13-12-17-10-6-14-23-21(17)22(18)26/h2-14,20,26H,1H3,(H,24,25)/t20-/m1/s1. The molecule has 0 fully saturated rings. The lowest BCUT2D eigenvalue weighted by Crippen LogP contribution is -2.14. The van der Waals surface area contributed by atoms with Gasteiger partial charge in [-0.15, -0.1) is 0 Å². The predicted molar refractivity (Wildman–Crippen MR) is 104 cm³/mol. The van der Waals surface area contributed by atoms with Crippen LogP contribution in [0.5, 0.6) is 5.75 Å². The number of rotatable bonds is 4. The second kappa shape index (κ2) is 6.84. The van der Waals surface area contributed by atoms with Gasteiger partial charge in [-0.05, 0) is 30.7 Å². The third kappa shape index (κ3) is 3.09. The molecule has 0 spiro atoms.